The first-order valence-corrected chi connectivity index (χ1v) is 10.5. The minimum absolute atomic E-state index is 0.178. The van der Waals surface area contributed by atoms with Crippen LogP contribution in [0.2, 0.25) is 5.02 Å². The smallest absolute Gasteiger partial charge is 0.319 e. The Morgan fingerprint density at radius 3 is 2.66 bits per heavy atom. The largest absolute Gasteiger partial charge is 0.496 e. The number of nitrogens with zero attached hydrogens (tertiary/aromatic N) is 1. The lowest BCUT2D eigenvalue weighted by Crippen LogP contribution is -2.39. The maximum absolute atomic E-state index is 12.2. The molecule has 3 rings (SSSR count). The van der Waals surface area contributed by atoms with Crippen molar-refractivity contribution in [2.24, 2.45) is 5.92 Å². The minimum Gasteiger partial charge on any atom is -0.496 e. The van der Waals surface area contributed by atoms with Crippen LogP contribution in [-0.4, -0.2) is 37.7 Å². The fourth-order valence-electron chi connectivity index (χ4n) is 3.75. The molecule has 0 bridgehead atoms. The van der Waals surface area contributed by atoms with Gasteiger partial charge in [-0.25, -0.2) is 4.79 Å². The van der Waals surface area contributed by atoms with Crippen LogP contribution < -0.4 is 15.4 Å². The van der Waals surface area contributed by atoms with Crippen molar-refractivity contribution in [2.75, 3.05) is 32.1 Å². The van der Waals surface area contributed by atoms with Gasteiger partial charge in [-0.15, -0.1) is 0 Å². The molecule has 2 aromatic rings. The van der Waals surface area contributed by atoms with Gasteiger partial charge < -0.3 is 15.4 Å². The quantitative estimate of drug-likeness (QED) is 0.698. The average molecular weight is 416 g/mol. The molecule has 0 radical (unpaired) electrons. The topological polar surface area (TPSA) is 53.6 Å². The third-order valence-electron chi connectivity index (χ3n) is 5.54. The van der Waals surface area contributed by atoms with E-state index in [9.17, 15) is 4.79 Å². The Morgan fingerprint density at radius 1 is 1.17 bits per heavy atom. The highest BCUT2D eigenvalue weighted by Crippen LogP contribution is 2.25. The summed E-state index contributed by atoms with van der Waals surface area (Å²) in [4.78, 5) is 14.7. The molecule has 0 saturated carbocycles. The maximum Gasteiger partial charge on any atom is 0.319 e. The number of nitrogens with one attached hydrogen (secondary N) is 2. The van der Waals surface area contributed by atoms with Crippen molar-refractivity contribution >= 4 is 23.3 Å². The molecule has 0 unspecified atom stereocenters. The Balaban J connectivity index is 1.43. The number of benzene rings is 2. The molecule has 2 N–H and O–H groups in total. The summed E-state index contributed by atoms with van der Waals surface area (Å²) in [5, 5.41) is 6.51. The van der Waals surface area contributed by atoms with E-state index in [1.165, 1.54) is 11.1 Å². The molecule has 1 saturated heterocycles. The number of piperidine rings is 1. The number of likely N-dealkylation sites (tertiary alicyclic amines) is 1. The first kappa shape index (κ1) is 21.5. The number of aryl methyl sites for hydroxylation is 2. The zero-order valence-corrected chi connectivity index (χ0v) is 18.2. The minimum atomic E-state index is -0.178. The van der Waals surface area contributed by atoms with Crippen molar-refractivity contribution in [1.29, 1.82) is 0 Å². The second-order valence-corrected chi connectivity index (χ2v) is 8.27. The van der Waals surface area contributed by atoms with Gasteiger partial charge in [-0.2, -0.15) is 0 Å². The molecule has 1 heterocycles. The number of carbonyl (C=O) groups is 1. The van der Waals surface area contributed by atoms with Gasteiger partial charge in [-0.05, 0) is 69.5 Å². The van der Waals surface area contributed by atoms with E-state index >= 15 is 0 Å². The number of hydrogen-bond donors (Lipinski definition) is 2. The summed E-state index contributed by atoms with van der Waals surface area (Å²) in [6, 6.07) is 11.6. The number of rotatable bonds is 6. The molecule has 0 atom stereocenters. The first-order chi connectivity index (χ1) is 13.9. The van der Waals surface area contributed by atoms with E-state index in [0.717, 1.165) is 49.5 Å². The van der Waals surface area contributed by atoms with Gasteiger partial charge >= 0.3 is 6.03 Å². The van der Waals surface area contributed by atoms with Crippen LogP contribution in [0.5, 0.6) is 5.75 Å². The van der Waals surface area contributed by atoms with Crippen molar-refractivity contribution in [1.82, 2.24) is 10.2 Å². The lowest BCUT2D eigenvalue weighted by Gasteiger charge is -2.32. The highest BCUT2D eigenvalue weighted by atomic mass is 35.5. The van der Waals surface area contributed by atoms with Gasteiger partial charge in [0.05, 0.1) is 7.11 Å². The Morgan fingerprint density at radius 2 is 1.93 bits per heavy atom. The second-order valence-electron chi connectivity index (χ2n) is 7.83. The number of ether oxygens (including phenoxy) is 1. The number of halogens is 1. The fourth-order valence-corrected chi connectivity index (χ4v) is 3.93. The lowest BCUT2D eigenvalue weighted by molar-refractivity contribution is 0.174. The number of carbonyl (C=O) groups excluding carboxylic acids is 1. The number of urea groups is 1. The molecule has 0 aromatic heterocycles. The average Bonchev–Trinajstić information content (AvgIpc) is 2.70. The molecule has 1 fully saturated rings. The third kappa shape index (κ3) is 6.12. The molecule has 6 heteroatoms. The number of anilines is 1. The first-order valence-electron chi connectivity index (χ1n) is 10.1. The Labute approximate surface area is 178 Å². The van der Waals surface area contributed by atoms with Gasteiger partial charge in [-0.3, -0.25) is 4.90 Å². The number of hydrogen-bond acceptors (Lipinski definition) is 3. The molecule has 0 spiro atoms. The van der Waals surface area contributed by atoms with Crippen LogP contribution >= 0.6 is 11.6 Å². The van der Waals surface area contributed by atoms with Gasteiger partial charge in [0.2, 0.25) is 0 Å². The summed E-state index contributed by atoms with van der Waals surface area (Å²) in [6.07, 6.45) is 2.15. The summed E-state index contributed by atoms with van der Waals surface area (Å²) in [7, 11) is 1.72. The van der Waals surface area contributed by atoms with E-state index in [1.54, 1.807) is 13.2 Å². The summed E-state index contributed by atoms with van der Waals surface area (Å²) in [5.74, 6) is 1.45. The zero-order chi connectivity index (χ0) is 20.8. The standard InChI is InChI=1S/C23H30ClN3O2/c1-16-4-7-22(29-3)19(12-16)15-27-10-8-18(9-11-27)14-25-23(28)26-21-13-20(24)6-5-17(21)2/h4-7,12-13,18H,8-11,14-15H2,1-3H3,(H2,25,26,28). The predicted molar refractivity (Wildman–Crippen MR) is 119 cm³/mol. The Kier molecular flexibility index (Phi) is 7.40. The van der Waals surface area contributed by atoms with E-state index in [2.05, 4.69) is 34.6 Å². The van der Waals surface area contributed by atoms with Crippen molar-refractivity contribution in [3.63, 3.8) is 0 Å². The van der Waals surface area contributed by atoms with Crippen LogP contribution in [0.1, 0.15) is 29.5 Å². The summed E-state index contributed by atoms with van der Waals surface area (Å²) < 4.78 is 5.50. The highest BCUT2D eigenvalue weighted by molar-refractivity contribution is 6.31. The van der Waals surface area contributed by atoms with Crippen LogP contribution in [0.15, 0.2) is 36.4 Å². The zero-order valence-electron chi connectivity index (χ0n) is 17.4. The van der Waals surface area contributed by atoms with E-state index in [1.807, 2.05) is 25.1 Å². The monoisotopic (exact) mass is 415 g/mol. The van der Waals surface area contributed by atoms with Crippen molar-refractivity contribution < 1.29 is 9.53 Å². The molecule has 2 amide bonds. The van der Waals surface area contributed by atoms with E-state index in [-0.39, 0.29) is 6.03 Å². The van der Waals surface area contributed by atoms with Crippen LogP contribution in [0.25, 0.3) is 0 Å². The number of methoxy groups -OCH3 is 1. The maximum atomic E-state index is 12.2. The van der Waals surface area contributed by atoms with E-state index in [4.69, 9.17) is 16.3 Å². The molecule has 5 nitrogen and oxygen atoms in total. The van der Waals surface area contributed by atoms with Gasteiger partial charge in [-0.1, -0.05) is 35.4 Å². The van der Waals surface area contributed by atoms with Crippen LogP contribution in [0.3, 0.4) is 0 Å². The molecule has 2 aromatic carbocycles. The highest BCUT2D eigenvalue weighted by Gasteiger charge is 2.21. The summed E-state index contributed by atoms with van der Waals surface area (Å²) in [6.45, 7) is 7.70. The Bertz CT molecular complexity index is 848. The SMILES string of the molecule is COc1ccc(C)cc1CN1CCC(CNC(=O)Nc2cc(Cl)ccc2C)CC1. The molecule has 1 aliphatic rings. The summed E-state index contributed by atoms with van der Waals surface area (Å²) in [5.41, 5.74) is 4.22. The molecule has 0 aliphatic carbocycles. The Hall–Kier alpha value is -2.24. The third-order valence-corrected chi connectivity index (χ3v) is 5.77. The normalized spacial score (nSPS) is 15.2. The van der Waals surface area contributed by atoms with E-state index < -0.39 is 0 Å². The predicted octanol–water partition coefficient (Wildman–Crippen LogP) is 5.00. The van der Waals surface area contributed by atoms with Gasteiger partial charge in [0.15, 0.2) is 0 Å². The molecular weight excluding hydrogens is 386 g/mol. The van der Waals surface area contributed by atoms with Crippen molar-refractivity contribution in [3.05, 3.63) is 58.1 Å². The van der Waals surface area contributed by atoms with Crippen LogP contribution in [0.4, 0.5) is 10.5 Å². The van der Waals surface area contributed by atoms with Crippen molar-refractivity contribution in [3.8, 4) is 5.75 Å². The van der Waals surface area contributed by atoms with Crippen LogP contribution in [0, 0.1) is 19.8 Å². The van der Waals surface area contributed by atoms with E-state index in [0.29, 0.717) is 17.5 Å². The van der Waals surface area contributed by atoms with Crippen molar-refractivity contribution in [2.45, 2.75) is 33.2 Å². The van der Waals surface area contributed by atoms with Crippen LogP contribution in [-0.2, 0) is 6.54 Å². The summed E-state index contributed by atoms with van der Waals surface area (Å²) >= 11 is 6.01. The van der Waals surface area contributed by atoms with Gasteiger partial charge in [0, 0.05) is 29.4 Å². The fraction of sp³-hybridized carbons (Fsp3) is 0.435. The molecule has 156 valence electrons. The van der Waals surface area contributed by atoms with Gasteiger partial charge in [0.1, 0.15) is 5.75 Å². The van der Waals surface area contributed by atoms with Gasteiger partial charge in [0.25, 0.3) is 0 Å². The number of amides is 2. The molecular formula is C23H30ClN3O2. The lowest BCUT2D eigenvalue weighted by atomic mass is 9.96. The molecule has 1 aliphatic heterocycles. The second kappa shape index (κ2) is 9.99. The molecule has 29 heavy (non-hydrogen) atoms.